The standard InChI is InChI=1S/C26H28N2O3/c1-4-5-15-31-22-13-14-23(19(3)16-22)27-26(30)21-12-11-18(2)24(17-21)28-25(29)20-9-7-6-8-10-20/h6-14,16-17H,4-5,15H2,1-3H3,(H,27,30)(H,28,29). The Balaban J connectivity index is 1.71. The normalized spacial score (nSPS) is 10.4. The average Bonchev–Trinajstić information content (AvgIpc) is 2.77. The number of unbranched alkanes of at least 4 members (excludes halogenated alkanes) is 1. The first-order chi connectivity index (χ1) is 15.0. The molecule has 0 saturated heterocycles. The molecule has 3 rings (SSSR count). The summed E-state index contributed by atoms with van der Waals surface area (Å²) in [7, 11) is 0. The van der Waals surface area contributed by atoms with E-state index in [0.717, 1.165) is 35.4 Å². The van der Waals surface area contributed by atoms with E-state index in [-0.39, 0.29) is 11.8 Å². The fourth-order valence-electron chi connectivity index (χ4n) is 3.08. The van der Waals surface area contributed by atoms with Gasteiger partial charge in [0.2, 0.25) is 0 Å². The van der Waals surface area contributed by atoms with Crippen LogP contribution in [0.3, 0.4) is 0 Å². The van der Waals surface area contributed by atoms with Crippen LogP contribution in [0.2, 0.25) is 0 Å². The van der Waals surface area contributed by atoms with Crippen LogP contribution in [0.15, 0.2) is 66.7 Å². The summed E-state index contributed by atoms with van der Waals surface area (Å²) in [5.41, 5.74) is 4.17. The molecule has 0 spiro atoms. The molecule has 0 unspecified atom stereocenters. The highest BCUT2D eigenvalue weighted by molar-refractivity contribution is 6.08. The molecular weight excluding hydrogens is 388 g/mol. The quantitative estimate of drug-likeness (QED) is 0.443. The van der Waals surface area contributed by atoms with E-state index < -0.39 is 0 Å². The number of benzene rings is 3. The van der Waals surface area contributed by atoms with Crippen molar-refractivity contribution in [3.63, 3.8) is 0 Å². The Kier molecular flexibility index (Phi) is 7.44. The number of ether oxygens (including phenoxy) is 1. The molecule has 0 aliphatic carbocycles. The Morgan fingerprint density at radius 3 is 2.19 bits per heavy atom. The molecule has 2 amide bonds. The summed E-state index contributed by atoms with van der Waals surface area (Å²) >= 11 is 0. The van der Waals surface area contributed by atoms with Gasteiger partial charge in [-0.15, -0.1) is 0 Å². The van der Waals surface area contributed by atoms with Crippen molar-refractivity contribution in [2.75, 3.05) is 17.2 Å². The Bertz CT molecular complexity index is 1060. The van der Waals surface area contributed by atoms with Crippen molar-refractivity contribution in [1.29, 1.82) is 0 Å². The number of anilines is 2. The lowest BCUT2D eigenvalue weighted by Crippen LogP contribution is -2.16. The van der Waals surface area contributed by atoms with Crippen LogP contribution in [-0.2, 0) is 0 Å². The maximum Gasteiger partial charge on any atom is 0.255 e. The van der Waals surface area contributed by atoms with Crippen LogP contribution in [0, 0.1) is 13.8 Å². The summed E-state index contributed by atoms with van der Waals surface area (Å²) < 4.78 is 5.72. The Hall–Kier alpha value is -3.60. The predicted octanol–water partition coefficient (Wildman–Crippen LogP) is 5.99. The third-order valence-corrected chi connectivity index (χ3v) is 5.00. The van der Waals surface area contributed by atoms with Gasteiger partial charge in [0, 0.05) is 22.5 Å². The summed E-state index contributed by atoms with van der Waals surface area (Å²) in [6.07, 6.45) is 2.09. The van der Waals surface area contributed by atoms with Gasteiger partial charge in [0.1, 0.15) is 5.75 Å². The third-order valence-electron chi connectivity index (χ3n) is 5.00. The SMILES string of the molecule is CCCCOc1ccc(NC(=O)c2ccc(C)c(NC(=O)c3ccccc3)c2)c(C)c1. The third kappa shape index (κ3) is 5.95. The van der Waals surface area contributed by atoms with Crippen molar-refractivity contribution >= 4 is 23.2 Å². The smallest absolute Gasteiger partial charge is 0.255 e. The second-order valence-corrected chi connectivity index (χ2v) is 7.48. The van der Waals surface area contributed by atoms with Gasteiger partial charge in [0.25, 0.3) is 11.8 Å². The molecule has 31 heavy (non-hydrogen) atoms. The van der Waals surface area contributed by atoms with Crippen molar-refractivity contribution in [2.45, 2.75) is 33.6 Å². The minimum absolute atomic E-state index is 0.212. The first-order valence-electron chi connectivity index (χ1n) is 10.5. The van der Waals surface area contributed by atoms with Gasteiger partial charge in [-0.1, -0.05) is 37.6 Å². The van der Waals surface area contributed by atoms with E-state index in [9.17, 15) is 9.59 Å². The minimum atomic E-state index is -0.238. The first-order valence-corrected chi connectivity index (χ1v) is 10.5. The number of carbonyl (C=O) groups excluding carboxylic acids is 2. The largest absolute Gasteiger partial charge is 0.494 e. The minimum Gasteiger partial charge on any atom is -0.494 e. The highest BCUT2D eigenvalue weighted by atomic mass is 16.5. The number of rotatable bonds is 8. The lowest BCUT2D eigenvalue weighted by Gasteiger charge is -2.13. The lowest BCUT2D eigenvalue weighted by atomic mass is 10.1. The van der Waals surface area contributed by atoms with Crippen LogP contribution in [0.25, 0.3) is 0 Å². The van der Waals surface area contributed by atoms with Gasteiger partial charge < -0.3 is 15.4 Å². The van der Waals surface area contributed by atoms with Gasteiger partial charge >= 0.3 is 0 Å². The highest BCUT2D eigenvalue weighted by Gasteiger charge is 2.13. The van der Waals surface area contributed by atoms with Gasteiger partial charge in [-0.3, -0.25) is 9.59 Å². The van der Waals surface area contributed by atoms with Gasteiger partial charge in [-0.05, 0) is 73.9 Å². The monoisotopic (exact) mass is 416 g/mol. The highest BCUT2D eigenvalue weighted by Crippen LogP contribution is 2.23. The molecule has 3 aromatic rings. The summed E-state index contributed by atoms with van der Waals surface area (Å²) in [6, 6.07) is 19.9. The molecule has 2 N–H and O–H groups in total. The van der Waals surface area contributed by atoms with Crippen LogP contribution in [0.5, 0.6) is 5.75 Å². The number of aryl methyl sites for hydroxylation is 2. The second-order valence-electron chi connectivity index (χ2n) is 7.48. The number of amides is 2. The zero-order valence-corrected chi connectivity index (χ0v) is 18.2. The molecule has 0 aliphatic heterocycles. The van der Waals surface area contributed by atoms with Gasteiger partial charge in [0.05, 0.1) is 6.61 Å². The molecule has 0 aromatic heterocycles. The Labute approximate surface area is 183 Å². The molecule has 0 atom stereocenters. The van der Waals surface area contributed by atoms with Gasteiger partial charge in [-0.25, -0.2) is 0 Å². The lowest BCUT2D eigenvalue weighted by molar-refractivity contribution is 0.101. The molecule has 3 aromatic carbocycles. The van der Waals surface area contributed by atoms with E-state index in [2.05, 4.69) is 17.6 Å². The number of carbonyl (C=O) groups is 2. The maximum atomic E-state index is 12.8. The summed E-state index contributed by atoms with van der Waals surface area (Å²) in [4.78, 5) is 25.3. The Morgan fingerprint density at radius 2 is 1.48 bits per heavy atom. The zero-order valence-electron chi connectivity index (χ0n) is 18.2. The Morgan fingerprint density at radius 1 is 0.774 bits per heavy atom. The van der Waals surface area contributed by atoms with Crippen molar-refractivity contribution < 1.29 is 14.3 Å². The maximum absolute atomic E-state index is 12.8. The first kappa shape index (κ1) is 22.1. The van der Waals surface area contributed by atoms with E-state index in [4.69, 9.17) is 4.74 Å². The van der Waals surface area contributed by atoms with Crippen molar-refractivity contribution in [3.8, 4) is 5.75 Å². The number of hydrogen-bond acceptors (Lipinski definition) is 3. The van der Waals surface area contributed by atoms with Gasteiger partial charge in [-0.2, -0.15) is 0 Å². The topological polar surface area (TPSA) is 67.4 Å². The second kappa shape index (κ2) is 10.4. The molecule has 5 heteroatoms. The van der Waals surface area contributed by atoms with E-state index in [1.807, 2.05) is 56.3 Å². The molecule has 0 radical (unpaired) electrons. The molecule has 0 aliphatic rings. The molecule has 0 fully saturated rings. The summed E-state index contributed by atoms with van der Waals surface area (Å²) in [5, 5.41) is 5.84. The number of hydrogen-bond donors (Lipinski definition) is 2. The van der Waals surface area contributed by atoms with Crippen molar-refractivity contribution in [3.05, 3.63) is 89.0 Å². The van der Waals surface area contributed by atoms with E-state index in [1.54, 1.807) is 24.3 Å². The fourth-order valence-corrected chi connectivity index (χ4v) is 3.08. The van der Waals surface area contributed by atoms with Crippen LogP contribution in [0.1, 0.15) is 51.6 Å². The van der Waals surface area contributed by atoms with Crippen LogP contribution in [0.4, 0.5) is 11.4 Å². The van der Waals surface area contributed by atoms with Crippen molar-refractivity contribution in [1.82, 2.24) is 0 Å². The van der Waals surface area contributed by atoms with Crippen molar-refractivity contribution in [2.24, 2.45) is 0 Å². The summed E-state index contributed by atoms with van der Waals surface area (Å²) in [6.45, 7) is 6.63. The molecular formula is C26H28N2O3. The average molecular weight is 417 g/mol. The van der Waals surface area contributed by atoms with E-state index >= 15 is 0 Å². The molecule has 5 nitrogen and oxygen atoms in total. The number of nitrogens with one attached hydrogen (secondary N) is 2. The van der Waals surface area contributed by atoms with Crippen LogP contribution in [-0.4, -0.2) is 18.4 Å². The van der Waals surface area contributed by atoms with E-state index in [0.29, 0.717) is 23.4 Å². The molecule has 0 heterocycles. The van der Waals surface area contributed by atoms with Crippen LogP contribution >= 0.6 is 0 Å². The summed E-state index contributed by atoms with van der Waals surface area (Å²) in [5.74, 6) is 0.346. The zero-order chi connectivity index (χ0) is 22.2. The van der Waals surface area contributed by atoms with Crippen LogP contribution < -0.4 is 15.4 Å². The van der Waals surface area contributed by atoms with E-state index in [1.165, 1.54) is 0 Å². The molecule has 0 bridgehead atoms. The predicted molar refractivity (Wildman–Crippen MR) is 125 cm³/mol. The molecule has 0 saturated carbocycles. The molecule has 160 valence electrons. The van der Waals surface area contributed by atoms with Gasteiger partial charge in [0.15, 0.2) is 0 Å². The fraction of sp³-hybridized carbons (Fsp3) is 0.231.